The van der Waals surface area contributed by atoms with Crippen LogP contribution in [0.4, 0.5) is 0 Å². The molecule has 0 aromatic carbocycles. The van der Waals surface area contributed by atoms with Crippen molar-refractivity contribution in [2.75, 3.05) is 39.9 Å². The summed E-state index contributed by atoms with van der Waals surface area (Å²) in [6.07, 6.45) is 7.91. The van der Waals surface area contributed by atoms with Crippen molar-refractivity contribution in [2.24, 2.45) is 23.0 Å². The standard InChI is InChI=1S/C16H32N2O/c1-14-5-7-16(12-17,8-6-14)13-18(2)10-15-4-3-9-19-11-15/h14-15H,3-13,17H2,1-2H3. The fourth-order valence-electron chi connectivity index (χ4n) is 3.83. The van der Waals surface area contributed by atoms with E-state index in [9.17, 15) is 0 Å². The number of ether oxygens (including phenoxy) is 1. The summed E-state index contributed by atoms with van der Waals surface area (Å²) in [6, 6.07) is 0. The van der Waals surface area contributed by atoms with Gasteiger partial charge in [0.15, 0.2) is 0 Å². The number of hydrogen-bond acceptors (Lipinski definition) is 3. The molecule has 1 aliphatic heterocycles. The molecule has 1 aliphatic carbocycles. The molecule has 19 heavy (non-hydrogen) atoms. The summed E-state index contributed by atoms with van der Waals surface area (Å²) >= 11 is 0. The molecule has 1 saturated heterocycles. The molecule has 1 atom stereocenters. The van der Waals surface area contributed by atoms with E-state index in [1.54, 1.807) is 0 Å². The zero-order valence-electron chi connectivity index (χ0n) is 12.9. The summed E-state index contributed by atoms with van der Waals surface area (Å²) in [5, 5.41) is 0. The first-order valence-electron chi connectivity index (χ1n) is 8.10. The topological polar surface area (TPSA) is 38.5 Å². The Morgan fingerprint density at radius 3 is 2.58 bits per heavy atom. The van der Waals surface area contributed by atoms with Crippen LogP contribution in [-0.2, 0) is 4.74 Å². The summed E-state index contributed by atoms with van der Waals surface area (Å²) in [4.78, 5) is 2.52. The van der Waals surface area contributed by atoms with Gasteiger partial charge in [-0.3, -0.25) is 0 Å². The Hall–Kier alpha value is -0.120. The van der Waals surface area contributed by atoms with Gasteiger partial charge in [0.05, 0.1) is 6.61 Å². The van der Waals surface area contributed by atoms with Crippen molar-refractivity contribution in [3.8, 4) is 0 Å². The first kappa shape index (κ1) is 15.3. The Balaban J connectivity index is 1.80. The maximum Gasteiger partial charge on any atom is 0.0506 e. The van der Waals surface area contributed by atoms with Gasteiger partial charge in [-0.25, -0.2) is 0 Å². The quantitative estimate of drug-likeness (QED) is 0.832. The second-order valence-corrected chi connectivity index (χ2v) is 7.17. The average molecular weight is 268 g/mol. The molecule has 1 heterocycles. The zero-order chi connectivity index (χ0) is 13.7. The normalized spacial score (nSPS) is 36.6. The van der Waals surface area contributed by atoms with Gasteiger partial charge >= 0.3 is 0 Å². The van der Waals surface area contributed by atoms with Gasteiger partial charge < -0.3 is 15.4 Å². The maximum absolute atomic E-state index is 6.11. The first-order valence-corrected chi connectivity index (χ1v) is 8.10. The molecule has 3 nitrogen and oxygen atoms in total. The minimum Gasteiger partial charge on any atom is -0.381 e. The summed E-state index contributed by atoms with van der Waals surface area (Å²) in [5.74, 6) is 1.63. The highest BCUT2D eigenvalue weighted by atomic mass is 16.5. The predicted molar refractivity (Wildman–Crippen MR) is 80.2 cm³/mol. The minimum atomic E-state index is 0.386. The van der Waals surface area contributed by atoms with Gasteiger partial charge in [0, 0.05) is 19.7 Å². The van der Waals surface area contributed by atoms with Crippen molar-refractivity contribution in [3.63, 3.8) is 0 Å². The van der Waals surface area contributed by atoms with E-state index in [1.165, 1.54) is 51.6 Å². The van der Waals surface area contributed by atoms with Crippen LogP contribution in [0.15, 0.2) is 0 Å². The van der Waals surface area contributed by atoms with Crippen LogP contribution in [0.3, 0.4) is 0 Å². The smallest absolute Gasteiger partial charge is 0.0506 e. The maximum atomic E-state index is 6.11. The molecule has 0 aromatic rings. The molecule has 1 unspecified atom stereocenters. The molecule has 0 bridgehead atoms. The molecular formula is C16H32N2O. The molecular weight excluding hydrogens is 236 g/mol. The highest BCUT2D eigenvalue weighted by Crippen LogP contribution is 2.38. The molecule has 1 saturated carbocycles. The summed E-state index contributed by atoms with van der Waals surface area (Å²) in [6.45, 7) is 7.50. The van der Waals surface area contributed by atoms with E-state index in [1.807, 2.05) is 0 Å². The number of rotatable bonds is 5. The Labute approximate surface area is 118 Å². The van der Waals surface area contributed by atoms with E-state index in [2.05, 4.69) is 18.9 Å². The van der Waals surface area contributed by atoms with Gasteiger partial charge in [-0.05, 0) is 56.5 Å². The molecule has 2 aliphatic rings. The van der Waals surface area contributed by atoms with Crippen LogP contribution >= 0.6 is 0 Å². The van der Waals surface area contributed by atoms with E-state index in [0.717, 1.165) is 31.6 Å². The Bertz CT molecular complexity index is 255. The minimum absolute atomic E-state index is 0.386. The van der Waals surface area contributed by atoms with Crippen molar-refractivity contribution < 1.29 is 4.74 Å². The van der Waals surface area contributed by atoms with Crippen LogP contribution < -0.4 is 5.73 Å². The fourth-order valence-corrected chi connectivity index (χ4v) is 3.83. The highest BCUT2D eigenvalue weighted by molar-refractivity contribution is 4.88. The number of nitrogens with zero attached hydrogens (tertiary/aromatic N) is 1. The third-order valence-corrected chi connectivity index (χ3v) is 5.20. The predicted octanol–water partition coefficient (Wildman–Crippen LogP) is 2.50. The SMILES string of the molecule is CC1CCC(CN)(CN(C)CC2CCCOC2)CC1. The van der Waals surface area contributed by atoms with Crippen molar-refractivity contribution in [3.05, 3.63) is 0 Å². The van der Waals surface area contributed by atoms with Crippen LogP contribution in [-0.4, -0.2) is 44.8 Å². The Morgan fingerprint density at radius 2 is 2.00 bits per heavy atom. The van der Waals surface area contributed by atoms with E-state index < -0.39 is 0 Å². The summed E-state index contributed by atoms with van der Waals surface area (Å²) in [7, 11) is 2.27. The molecule has 0 aromatic heterocycles. The molecule has 2 rings (SSSR count). The fraction of sp³-hybridized carbons (Fsp3) is 1.00. The number of hydrogen-bond donors (Lipinski definition) is 1. The first-order chi connectivity index (χ1) is 9.13. The van der Waals surface area contributed by atoms with Gasteiger partial charge in [0.2, 0.25) is 0 Å². The highest BCUT2D eigenvalue weighted by Gasteiger charge is 2.34. The molecule has 112 valence electrons. The van der Waals surface area contributed by atoms with Gasteiger partial charge in [-0.1, -0.05) is 19.8 Å². The molecule has 3 heteroatoms. The molecule has 2 N–H and O–H groups in total. The lowest BCUT2D eigenvalue weighted by Gasteiger charge is -2.42. The monoisotopic (exact) mass is 268 g/mol. The van der Waals surface area contributed by atoms with Crippen LogP contribution in [0.5, 0.6) is 0 Å². The van der Waals surface area contributed by atoms with Crippen LogP contribution in [0, 0.1) is 17.3 Å². The molecule has 0 amide bonds. The molecule has 2 fully saturated rings. The second kappa shape index (κ2) is 7.05. The Morgan fingerprint density at radius 1 is 1.26 bits per heavy atom. The van der Waals surface area contributed by atoms with E-state index >= 15 is 0 Å². The van der Waals surface area contributed by atoms with E-state index in [0.29, 0.717) is 5.41 Å². The number of nitrogens with two attached hydrogens (primary N) is 1. The van der Waals surface area contributed by atoms with Gasteiger partial charge in [0.25, 0.3) is 0 Å². The molecule has 0 spiro atoms. The van der Waals surface area contributed by atoms with E-state index in [-0.39, 0.29) is 0 Å². The van der Waals surface area contributed by atoms with Crippen molar-refractivity contribution in [1.29, 1.82) is 0 Å². The van der Waals surface area contributed by atoms with E-state index in [4.69, 9.17) is 10.5 Å². The zero-order valence-corrected chi connectivity index (χ0v) is 12.9. The van der Waals surface area contributed by atoms with Crippen molar-refractivity contribution in [2.45, 2.75) is 45.4 Å². The lowest BCUT2D eigenvalue weighted by molar-refractivity contribution is 0.0306. The lowest BCUT2D eigenvalue weighted by Crippen LogP contribution is -2.45. The van der Waals surface area contributed by atoms with Crippen LogP contribution in [0.25, 0.3) is 0 Å². The largest absolute Gasteiger partial charge is 0.381 e. The lowest BCUT2D eigenvalue weighted by atomic mass is 9.70. The van der Waals surface area contributed by atoms with Gasteiger partial charge in [-0.2, -0.15) is 0 Å². The molecule has 0 radical (unpaired) electrons. The van der Waals surface area contributed by atoms with Crippen molar-refractivity contribution in [1.82, 2.24) is 4.90 Å². The Kier molecular flexibility index (Phi) is 5.67. The second-order valence-electron chi connectivity index (χ2n) is 7.17. The van der Waals surface area contributed by atoms with Crippen LogP contribution in [0.1, 0.15) is 45.4 Å². The third kappa shape index (κ3) is 4.44. The van der Waals surface area contributed by atoms with Crippen LogP contribution in [0.2, 0.25) is 0 Å². The summed E-state index contributed by atoms with van der Waals surface area (Å²) in [5.41, 5.74) is 6.50. The third-order valence-electron chi connectivity index (χ3n) is 5.20. The average Bonchev–Trinajstić information content (AvgIpc) is 2.43. The summed E-state index contributed by atoms with van der Waals surface area (Å²) < 4.78 is 5.59. The van der Waals surface area contributed by atoms with Crippen molar-refractivity contribution >= 4 is 0 Å². The van der Waals surface area contributed by atoms with Gasteiger partial charge in [0.1, 0.15) is 0 Å². The van der Waals surface area contributed by atoms with Gasteiger partial charge in [-0.15, -0.1) is 0 Å².